The van der Waals surface area contributed by atoms with Gasteiger partial charge in [-0.1, -0.05) is 0 Å². The predicted octanol–water partition coefficient (Wildman–Crippen LogP) is 2.16. The van der Waals surface area contributed by atoms with Gasteiger partial charge in [0.15, 0.2) is 18.1 Å². The number of hydrazone groups is 1. The highest BCUT2D eigenvalue weighted by atomic mass is 16.6. The Morgan fingerprint density at radius 2 is 1.70 bits per heavy atom. The zero-order valence-electron chi connectivity index (χ0n) is 15.2. The van der Waals surface area contributed by atoms with Crippen LogP contribution >= 0.6 is 0 Å². The molecule has 8 nitrogen and oxygen atoms in total. The van der Waals surface area contributed by atoms with Gasteiger partial charge in [0, 0.05) is 6.92 Å². The first-order chi connectivity index (χ1) is 13.0. The van der Waals surface area contributed by atoms with Crippen molar-refractivity contribution in [1.29, 1.82) is 0 Å². The van der Waals surface area contributed by atoms with Crippen molar-refractivity contribution < 1.29 is 28.5 Å². The van der Waals surface area contributed by atoms with Gasteiger partial charge in [0.25, 0.3) is 5.91 Å². The van der Waals surface area contributed by atoms with Gasteiger partial charge < -0.3 is 18.9 Å². The maximum absolute atomic E-state index is 11.8. The summed E-state index contributed by atoms with van der Waals surface area (Å²) in [5.74, 6) is 1.07. The lowest BCUT2D eigenvalue weighted by molar-refractivity contribution is -0.132. The monoisotopic (exact) mass is 372 g/mol. The minimum absolute atomic E-state index is 0.182. The highest BCUT2D eigenvalue weighted by Crippen LogP contribution is 2.27. The van der Waals surface area contributed by atoms with E-state index in [1.165, 1.54) is 20.2 Å². The van der Waals surface area contributed by atoms with Crippen LogP contribution in [0.25, 0.3) is 0 Å². The smallest absolute Gasteiger partial charge is 0.308 e. The van der Waals surface area contributed by atoms with Crippen molar-refractivity contribution in [2.45, 2.75) is 6.92 Å². The van der Waals surface area contributed by atoms with Crippen LogP contribution in [0.4, 0.5) is 0 Å². The summed E-state index contributed by atoms with van der Waals surface area (Å²) in [7, 11) is 3.03. The standard InChI is InChI=1S/C19H20N2O6/c1-13(22)27-17-9-4-14(10-18(17)25-3)11-20-21-19(23)12-26-16-7-5-15(24-2)6-8-16/h4-11H,12H2,1-3H3,(H,21,23). The molecular formula is C19H20N2O6. The van der Waals surface area contributed by atoms with E-state index in [4.69, 9.17) is 18.9 Å². The summed E-state index contributed by atoms with van der Waals surface area (Å²) in [5.41, 5.74) is 3.01. The molecule has 1 amide bonds. The molecule has 1 N–H and O–H groups in total. The molecule has 2 aromatic carbocycles. The first kappa shape index (κ1) is 19.8. The molecule has 0 atom stereocenters. The lowest BCUT2D eigenvalue weighted by Gasteiger charge is -2.08. The molecular weight excluding hydrogens is 352 g/mol. The van der Waals surface area contributed by atoms with Crippen molar-refractivity contribution in [2.24, 2.45) is 5.10 Å². The van der Waals surface area contributed by atoms with Crippen molar-refractivity contribution in [2.75, 3.05) is 20.8 Å². The Bertz CT molecular complexity index is 817. The molecule has 142 valence electrons. The van der Waals surface area contributed by atoms with Crippen LogP contribution in [0.15, 0.2) is 47.6 Å². The number of hydrogen-bond donors (Lipinski definition) is 1. The van der Waals surface area contributed by atoms with Crippen LogP contribution in [0.2, 0.25) is 0 Å². The predicted molar refractivity (Wildman–Crippen MR) is 98.5 cm³/mol. The second-order valence-corrected chi connectivity index (χ2v) is 5.26. The number of carbonyl (C=O) groups is 2. The summed E-state index contributed by atoms with van der Waals surface area (Å²) >= 11 is 0. The van der Waals surface area contributed by atoms with Gasteiger partial charge in [-0.3, -0.25) is 9.59 Å². The first-order valence-electron chi connectivity index (χ1n) is 7.97. The average molecular weight is 372 g/mol. The summed E-state index contributed by atoms with van der Waals surface area (Å²) in [6.45, 7) is 1.12. The molecule has 0 radical (unpaired) electrons. The Morgan fingerprint density at radius 1 is 1.00 bits per heavy atom. The first-order valence-corrected chi connectivity index (χ1v) is 7.97. The van der Waals surface area contributed by atoms with Gasteiger partial charge in [0.1, 0.15) is 11.5 Å². The number of methoxy groups -OCH3 is 2. The van der Waals surface area contributed by atoms with E-state index in [-0.39, 0.29) is 6.61 Å². The molecule has 27 heavy (non-hydrogen) atoms. The molecule has 0 unspecified atom stereocenters. The van der Waals surface area contributed by atoms with E-state index < -0.39 is 11.9 Å². The lowest BCUT2D eigenvalue weighted by atomic mass is 10.2. The van der Waals surface area contributed by atoms with E-state index in [2.05, 4.69) is 10.5 Å². The van der Waals surface area contributed by atoms with E-state index in [1.807, 2.05) is 0 Å². The van der Waals surface area contributed by atoms with Gasteiger partial charge in [-0.15, -0.1) is 0 Å². The molecule has 0 saturated carbocycles. The maximum Gasteiger partial charge on any atom is 0.308 e. The van der Waals surface area contributed by atoms with E-state index in [0.717, 1.165) is 0 Å². The summed E-state index contributed by atoms with van der Waals surface area (Å²) in [6, 6.07) is 11.7. The summed E-state index contributed by atoms with van der Waals surface area (Å²) in [6.07, 6.45) is 1.44. The topological polar surface area (TPSA) is 95.5 Å². The number of nitrogens with zero attached hydrogens (tertiary/aromatic N) is 1. The van der Waals surface area contributed by atoms with Crippen molar-refractivity contribution in [1.82, 2.24) is 5.43 Å². The van der Waals surface area contributed by atoms with Crippen molar-refractivity contribution in [3.8, 4) is 23.0 Å². The van der Waals surface area contributed by atoms with Gasteiger partial charge in [-0.05, 0) is 48.0 Å². The largest absolute Gasteiger partial charge is 0.497 e. The number of rotatable bonds is 8. The van der Waals surface area contributed by atoms with E-state index in [9.17, 15) is 9.59 Å². The fourth-order valence-corrected chi connectivity index (χ4v) is 2.04. The number of hydrogen-bond acceptors (Lipinski definition) is 7. The fraction of sp³-hybridized carbons (Fsp3) is 0.211. The van der Waals surface area contributed by atoms with Gasteiger partial charge in [-0.2, -0.15) is 5.10 Å². The molecule has 8 heteroatoms. The number of esters is 1. The van der Waals surface area contributed by atoms with Crippen molar-refractivity contribution in [3.05, 3.63) is 48.0 Å². The molecule has 0 bridgehead atoms. The zero-order chi connectivity index (χ0) is 19.6. The molecule has 0 aliphatic carbocycles. The van der Waals surface area contributed by atoms with Crippen LogP contribution in [-0.2, 0) is 9.59 Å². The number of benzene rings is 2. The summed E-state index contributed by atoms with van der Waals surface area (Å²) < 4.78 is 20.6. The van der Waals surface area contributed by atoms with Gasteiger partial charge in [0.05, 0.1) is 20.4 Å². The summed E-state index contributed by atoms with van der Waals surface area (Å²) in [5, 5.41) is 3.86. The number of carbonyl (C=O) groups excluding carboxylic acids is 2. The highest BCUT2D eigenvalue weighted by Gasteiger charge is 2.07. The minimum Gasteiger partial charge on any atom is -0.497 e. The minimum atomic E-state index is -0.446. The number of amides is 1. The van der Waals surface area contributed by atoms with Crippen molar-refractivity contribution >= 4 is 18.1 Å². The SMILES string of the molecule is COc1ccc(OCC(=O)NN=Cc2ccc(OC(C)=O)c(OC)c2)cc1. The highest BCUT2D eigenvalue weighted by molar-refractivity contribution is 5.84. The van der Waals surface area contributed by atoms with Crippen LogP contribution < -0.4 is 24.4 Å². The Hall–Kier alpha value is -3.55. The normalized spacial score (nSPS) is 10.3. The zero-order valence-corrected chi connectivity index (χ0v) is 15.2. The van der Waals surface area contributed by atoms with Crippen molar-refractivity contribution in [3.63, 3.8) is 0 Å². The van der Waals surface area contributed by atoms with Gasteiger partial charge in [-0.25, -0.2) is 5.43 Å². The van der Waals surface area contributed by atoms with E-state index in [1.54, 1.807) is 49.6 Å². The second kappa shape index (κ2) is 9.81. The average Bonchev–Trinajstić information content (AvgIpc) is 2.67. The quantitative estimate of drug-likeness (QED) is 0.330. The maximum atomic E-state index is 11.8. The van der Waals surface area contributed by atoms with Gasteiger partial charge >= 0.3 is 5.97 Å². The Labute approximate surface area is 156 Å². The van der Waals surface area contributed by atoms with Crippen LogP contribution in [0.3, 0.4) is 0 Å². The molecule has 0 saturated heterocycles. The Kier molecular flexibility index (Phi) is 7.18. The number of nitrogens with one attached hydrogen (secondary N) is 1. The van der Waals surface area contributed by atoms with E-state index >= 15 is 0 Å². The third-order valence-corrected chi connectivity index (χ3v) is 3.27. The van der Waals surface area contributed by atoms with Crippen LogP contribution in [0.5, 0.6) is 23.0 Å². The Balaban J connectivity index is 1.86. The lowest BCUT2D eigenvalue weighted by Crippen LogP contribution is -2.24. The van der Waals surface area contributed by atoms with Crippen LogP contribution in [0.1, 0.15) is 12.5 Å². The number of ether oxygens (including phenoxy) is 4. The van der Waals surface area contributed by atoms with Crippen LogP contribution in [-0.4, -0.2) is 38.9 Å². The Morgan fingerprint density at radius 3 is 2.33 bits per heavy atom. The third-order valence-electron chi connectivity index (χ3n) is 3.27. The molecule has 0 fully saturated rings. The molecule has 2 rings (SSSR count). The molecule has 2 aromatic rings. The molecule has 0 aromatic heterocycles. The molecule has 0 aliphatic heterocycles. The molecule has 0 aliphatic rings. The van der Waals surface area contributed by atoms with Crippen LogP contribution in [0, 0.1) is 0 Å². The molecule has 0 heterocycles. The fourth-order valence-electron chi connectivity index (χ4n) is 2.04. The second-order valence-electron chi connectivity index (χ2n) is 5.26. The third kappa shape index (κ3) is 6.35. The summed E-state index contributed by atoms with van der Waals surface area (Å²) in [4.78, 5) is 22.8. The van der Waals surface area contributed by atoms with Gasteiger partial charge in [0.2, 0.25) is 0 Å². The van der Waals surface area contributed by atoms with E-state index in [0.29, 0.717) is 28.6 Å². The molecule has 0 spiro atoms.